The van der Waals surface area contributed by atoms with Gasteiger partial charge in [-0.25, -0.2) is 0 Å². The van der Waals surface area contributed by atoms with Gasteiger partial charge in [0.05, 0.1) is 0 Å². The standard InChI is InChI=1S/C23H35N3O/c1-24(2)22(27)10-13-25-14-11-23(12-15-25)16-20(19-6-4-3-5-7-19)17-26(18-23)21-8-9-21/h3-7,20-21H,8-18H2,1-2H3/t20-/m0/s1. The third kappa shape index (κ3) is 4.55. The van der Waals surface area contributed by atoms with E-state index in [2.05, 4.69) is 40.1 Å². The Bertz CT molecular complexity index is 632. The highest BCUT2D eigenvalue weighted by Gasteiger charge is 2.45. The molecule has 1 saturated carbocycles. The van der Waals surface area contributed by atoms with Gasteiger partial charge in [-0.1, -0.05) is 30.3 Å². The summed E-state index contributed by atoms with van der Waals surface area (Å²) in [5, 5.41) is 0. The first-order valence-corrected chi connectivity index (χ1v) is 10.8. The number of hydrogen-bond acceptors (Lipinski definition) is 3. The van der Waals surface area contributed by atoms with E-state index in [-0.39, 0.29) is 5.91 Å². The van der Waals surface area contributed by atoms with Crippen LogP contribution in [-0.2, 0) is 4.79 Å². The number of nitrogens with zero attached hydrogens (tertiary/aromatic N) is 3. The lowest BCUT2D eigenvalue weighted by Crippen LogP contribution is -2.52. The van der Waals surface area contributed by atoms with Gasteiger partial charge in [0.2, 0.25) is 5.91 Å². The second-order valence-corrected chi connectivity index (χ2v) is 9.35. The highest BCUT2D eigenvalue weighted by atomic mass is 16.2. The SMILES string of the molecule is CN(C)C(=O)CCN1CCC2(CC1)C[C@H](c1ccccc1)CN(C1CC1)C2. The lowest BCUT2D eigenvalue weighted by Gasteiger charge is -2.50. The van der Waals surface area contributed by atoms with E-state index in [9.17, 15) is 4.79 Å². The summed E-state index contributed by atoms with van der Waals surface area (Å²) in [7, 11) is 3.71. The second kappa shape index (κ2) is 7.92. The molecule has 27 heavy (non-hydrogen) atoms. The number of likely N-dealkylation sites (tertiary alicyclic amines) is 2. The van der Waals surface area contributed by atoms with Crippen molar-refractivity contribution in [2.45, 2.75) is 50.5 Å². The molecule has 1 aliphatic carbocycles. The molecule has 1 aromatic carbocycles. The van der Waals surface area contributed by atoms with Crippen molar-refractivity contribution < 1.29 is 4.79 Å². The molecule has 4 nitrogen and oxygen atoms in total. The highest BCUT2D eigenvalue weighted by Crippen LogP contribution is 2.47. The van der Waals surface area contributed by atoms with E-state index < -0.39 is 0 Å². The molecule has 1 amide bonds. The number of hydrogen-bond donors (Lipinski definition) is 0. The van der Waals surface area contributed by atoms with E-state index in [1.54, 1.807) is 4.90 Å². The van der Waals surface area contributed by atoms with Gasteiger partial charge in [-0.05, 0) is 62.1 Å². The fourth-order valence-electron chi connectivity index (χ4n) is 5.19. The summed E-state index contributed by atoms with van der Waals surface area (Å²) in [6.07, 6.45) is 7.36. The second-order valence-electron chi connectivity index (χ2n) is 9.35. The average molecular weight is 370 g/mol. The number of carbonyl (C=O) groups is 1. The maximum absolute atomic E-state index is 11.9. The van der Waals surface area contributed by atoms with Crippen molar-refractivity contribution in [3.63, 3.8) is 0 Å². The van der Waals surface area contributed by atoms with Crippen LogP contribution in [-0.4, -0.2) is 73.5 Å². The largest absolute Gasteiger partial charge is 0.349 e. The van der Waals surface area contributed by atoms with Gasteiger partial charge >= 0.3 is 0 Å². The number of amides is 1. The first kappa shape index (κ1) is 18.9. The topological polar surface area (TPSA) is 26.8 Å². The average Bonchev–Trinajstić information content (AvgIpc) is 3.53. The lowest BCUT2D eigenvalue weighted by atomic mass is 9.68. The predicted molar refractivity (Wildman–Crippen MR) is 110 cm³/mol. The number of piperidine rings is 2. The van der Waals surface area contributed by atoms with Crippen LogP contribution in [0.25, 0.3) is 0 Å². The van der Waals surface area contributed by atoms with Gasteiger partial charge in [-0.3, -0.25) is 9.69 Å². The Morgan fingerprint density at radius 1 is 1.15 bits per heavy atom. The van der Waals surface area contributed by atoms with E-state index in [0.717, 1.165) is 25.7 Å². The van der Waals surface area contributed by atoms with Crippen LogP contribution in [0.1, 0.15) is 50.0 Å². The van der Waals surface area contributed by atoms with Crippen molar-refractivity contribution in [1.82, 2.24) is 14.7 Å². The zero-order valence-corrected chi connectivity index (χ0v) is 17.1. The summed E-state index contributed by atoms with van der Waals surface area (Å²) in [5.41, 5.74) is 2.00. The van der Waals surface area contributed by atoms with Gasteiger partial charge in [0.1, 0.15) is 0 Å². The Kier molecular flexibility index (Phi) is 5.56. The van der Waals surface area contributed by atoms with Gasteiger partial charge in [-0.2, -0.15) is 0 Å². The van der Waals surface area contributed by atoms with Crippen LogP contribution in [0.2, 0.25) is 0 Å². The predicted octanol–water partition coefficient (Wildman–Crippen LogP) is 3.20. The molecule has 4 heteroatoms. The molecule has 0 N–H and O–H groups in total. The lowest BCUT2D eigenvalue weighted by molar-refractivity contribution is -0.129. The Balaban J connectivity index is 1.39. The van der Waals surface area contributed by atoms with Gasteiger partial charge in [0.15, 0.2) is 0 Å². The van der Waals surface area contributed by atoms with Gasteiger partial charge in [0, 0.05) is 46.2 Å². The van der Waals surface area contributed by atoms with Crippen LogP contribution in [0.15, 0.2) is 30.3 Å². The minimum atomic E-state index is 0.247. The zero-order valence-electron chi connectivity index (χ0n) is 17.1. The summed E-state index contributed by atoms with van der Waals surface area (Å²) < 4.78 is 0. The molecule has 0 aromatic heterocycles. The molecule has 1 aromatic rings. The van der Waals surface area contributed by atoms with E-state index in [4.69, 9.17) is 0 Å². The number of rotatable bonds is 5. The summed E-state index contributed by atoms with van der Waals surface area (Å²) in [4.78, 5) is 18.9. The highest BCUT2D eigenvalue weighted by molar-refractivity contribution is 5.75. The van der Waals surface area contributed by atoms with Crippen molar-refractivity contribution in [2.75, 3.05) is 46.8 Å². The van der Waals surface area contributed by atoms with Crippen LogP contribution < -0.4 is 0 Å². The summed E-state index contributed by atoms with van der Waals surface area (Å²) in [5.74, 6) is 0.930. The Hall–Kier alpha value is -1.39. The van der Waals surface area contributed by atoms with Crippen molar-refractivity contribution in [3.8, 4) is 0 Å². The van der Waals surface area contributed by atoms with E-state index in [0.29, 0.717) is 17.8 Å². The summed E-state index contributed by atoms with van der Waals surface area (Å²) >= 11 is 0. The first-order chi connectivity index (χ1) is 13.0. The van der Waals surface area contributed by atoms with Crippen LogP contribution in [0.3, 0.4) is 0 Å². The normalized spacial score (nSPS) is 26.2. The summed E-state index contributed by atoms with van der Waals surface area (Å²) in [6, 6.07) is 12.0. The molecule has 2 saturated heterocycles. The fraction of sp³-hybridized carbons (Fsp3) is 0.696. The maximum atomic E-state index is 11.9. The molecule has 0 unspecified atom stereocenters. The van der Waals surface area contributed by atoms with Gasteiger partial charge in [-0.15, -0.1) is 0 Å². The van der Waals surface area contributed by atoms with Crippen molar-refractivity contribution >= 4 is 5.91 Å². The Morgan fingerprint density at radius 3 is 2.48 bits per heavy atom. The quantitative estimate of drug-likeness (QED) is 0.797. The number of carbonyl (C=O) groups excluding carboxylic acids is 1. The Labute approximate surface area is 164 Å². The molecule has 0 radical (unpaired) electrons. The van der Waals surface area contributed by atoms with E-state index in [1.807, 2.05) is 14.1 Å². The third-order valence-corrected chi connectivity index (χ3v) is 7.06. The molecule has 1 spiro atoms. The van der Waals surface area contributed by atoms with Crippen LogP contribution in [0, 0.1) is 5.41 Å². The molecular formula is C23H35N3O. The molecule has 4 rings (SSSR count). The van der Waals surface area contributed by atoms with Gasteiger partial charge in [0.25, 0.3) is 0 Å². The monoisotopic (exact) mass is 369 g/mol. The Morgan fingerprint density at radius 2 is 1.85 bits per heavy atom. The van der Waals surface area contributed by atoms with Gasteiger partial charge < -0.3 is 9.80 Å². The molecule has 0 bridgehead atoms. The molecule has 2 heterocycles. The smallest absolute Gasteiger partial charge is 0.223 e. The van der Waals surface area contributed by atoms with Crippen molar-refractivity contribution in [2.24, 2.45) is 5.41 Å². The molecule has 1 atom stereocenters. The van der Waals surface area contributed by atoms with Crippen LogP contribution in [0.5, 0.6) is 0 Å². The van der Waals surface area contributed by atoms with Crippen LogP contribution >= 0.6 is 0 Å². The van der Waals surface area contributed by atoms with E-state index >= 15 is 0 Å². The molecule has 148 valence electrons. The fourth-order valence-corrected chi connectivity index (χ4v) is 5.19. The summed E-state index contributed by atoms with van der Waals surface area (Å²) in [6.45, 7) is 5.77. The van der Waals surface area contributed by atoms with Crippen molar-refractivity contribution in [1.29, 1.82) is 0 Å². The number of benzene rings is 1. The van der Waals surface area contributed by atoms with Crippen molar-refractivity contribution in [3.05, 3.63) is 35.9 Å². The molecule has 3 fully saturated rings. The third-order valence-electron chi connectivity index (χ3n) is 7.06. The molecular weight excluding hydrogens is 334 g/mol. The minimum Gasteiger partial charge on any atom is -0.349 e. The maximum Gasteiger partial charge on any atom is 0.223 e. The first-order valence-electron chi connectivity index (χ1n) is 10.8. The van der Waals surface area contributed by atoms with Crippen LogP contribution in [0.4, 0.5) is 0 Å². The molecule has 3 aliphatic rings. The molecule has 2 aliphatic heterocycles. The zero-order chi connectivity index (χ0) is 18.9. The van der Waals surface area contributed by atoms with E-state index in [1.165, 1.54) is 50.8 Å². The minimum absolute atomic E-state index is 0.247.